The molecule has 0 radical (unpaired) electrons. The molecule has 0 spiro atoms. The van der Waals surface area contributed by atoms with E-state index >= 15 is 0 Å². The first kappa shape index (κ1) is 18.1. The van der Waals surface area contributed by atoms with Gasteiger partial charge in [-0.2, -0.15) is 0 Å². The van der Waals surface area contributed by atoms with Crippen molar-refractivity contribution in [3.05, 3.63) is 72.4 Å². The average Bonchev–Trinajstić information content (AvgIpc) is 2.83. The van der Waals surface area contributed by atoms with Crippen molar-refractivity contribution in [1.29, 1.82) is 0 Å². The topological polar surface area (TPSA) is 71.5 Å². The number of hydrogen-bond donors (Lipinski definition) is 1. The summed E-state index contributed by atoms with van der Waals surface area (Å²) in [6, 6.07) is 18.0. The van der Waals surface area contributed by atoms with Gasteiger partial charge in [0.2, 0.25) is 11.8 Å². The molecular formula is C21H17N3O3S. The molecule has 0 unspecified atom stereocenters. The maximum atomic E-state index is 13.1. The summed E-state index contributed by atoms with van der Waals surface area (Å²) < 4.78 is 5.83. The van der Waals surface area contributed by atoms with Gasteiger partial charge in [0.25, 0.3) is 5.91 Å². The Kier molecular flexibility index (Phi) is 4.99. The number of amides is 2. The molecule has 1 aliphatic heterocycles. The van der Waals surface area contributed by atoms with Gasteiger partial charge in [0.15, 0.2) is 5.75 Å². The Morgan fingerprint density at radius 2 is 2.00 bits per heavy atom. The van der Waals surface area contributed by atoms with E-state index in [1.54, 1.807) is 48.3 Å². The van der Waals surface area contributed by atoms with E-state index in [0.717, 1.165) is 4.90 Å². The van der Waals surface area contributed by atoms with Crippen molar-refractivity contribution in [2.45, 2.75) is 4.90 Å². The average molecular weight is 391 g/mol. The Morgan fingerprint density at radius 1 is 1.14 bits per heavy atom. The van der Waals surface area contributed by atoms with Crippen molar-refractivity contribution in [2.24, 2.45) is 0 Å². The molecule has 0 bridgehead atoms. The highest BCUT2D eigenvalue weighted by atomic mass is 32.2. The third-order valence-corrected chi connectivity index (χ3v) is 4.99. The maximum absolute atomic E-state index is 13.1. The van der Waals surface area contributed by atoms with E-state index in [0.29, 0.717) is 22.7 Å². The van der Waals surface area contributed by atoms with E-state index in [1.165, 1.54) is 4.90 Å². The molecule has 1 aliphatic rings. The highest BCUT2D eigenvalue weighted by Gasteiger charge is 2.30. The van der Waals surface area contributed by atoms with Crippen LogP contribution in [-0.2, 0) is 4.79 Å². The highest BCUT2D eigenvalue weighted by molar-refractivity contribution is 7.98. The molecule has 1 N–H and O–H groups in total. The lowest BCUT2D eigenvalue weighted by molar-refractivity contribution is -0.114. The van der Waals surface area contributed by atoms with Gasteiger partial charge in [-0.1, -0.05) is 18.2 Å². The second kappa shape index (κ2) is 7.74. The number of benzene rings is 2. The number of para-hydroxylation sites is 2. The largest absolute Gasteiger partial charge is 0.436 e. The Balaban J connectivity index is 1.64. The highest BCUT2D eigenvalue weighted by Crippen LogP contribution is 2.37. The molecule has 2 heterocycles. The molecule has 0 atom stereocenters. The lowest BCUT2D eigenvalue weighted by atomic mass is 10.2. The first-order chi connectivity index (χ1) is 13.7. The van der Waals surface area contributed by atoms with Crippen LogP contribution in [0.4, 0.5) is 11.4 Å². The smallest absolute Gasteiger partial charge is 0.264 e. The lowest BCUT2D eigenvalue weighted by Gasteiger charge is -2.21. The van der Waals surface area contributed by atoms with Crippen molar-refractivity contribution in [2.75, 3.05) is 23.0 Å². The van der Waals surface area contributed by atoms with Crippen LogP contribution >= 0.6 is 11.8 Å². The summed E-state index contributed by atoms with van der Waals surface area (Å²) in [4.78, 5) is 32.4. The fourth-order valence-electron chi connectivity index (χ4n) is 2.96. The van der Waals surface area contributed by atoms with E-state index < -0.39 is 0 Å². The van der Waals surface area contributed by atoms with E-state index in [9.17, 15) is 9.59 Å². The molecule has 28 heavy (non-hydrogen) atoms. The molecule has 0 saturated heterocycles. The Bertz CT molecular complexity index is 1050. The molecular weight excluding hydrogens is 374 g/mol. The molecule has 3 aromatic rings. The van der Waals surface area contributed by atoms with Gasteiger partial charge in [-0.15, -0.1) is 11.8 Å². The zero-order chi connectivity index (χ0) is 19.5. The molecule has 6 nitrogen and oxygen atoms in total. The summed E-state index contributed by atoms with van der Waals surface area (Å²) in [5, 5.41) is 2.86. The summed E-state index contributed by atoms with van der Waals surface area (Å²) in [6.45, 7) is -0.142. The molecule has 0 aliphatic carbocycles. The van der Waals surface area contributed by atoms with Crippen LogP contribution in [0.2, 0.25) is 0 Å². The Hall–Kier alpha value is -3.32. The molecule has 0 fully saturated rings. The molecule has 0 saturated carbocycles. The quantitative estimate of drug-likeness (QED) is 0.675. The predicted octanol–water partition coefficient (Wildman–Crippen LogP) is 4.19. The van der Waals surface area contributed by atoms with Crippen molar-refractivity contribution >= 4 is 35.0 Å². The van der Waals surface area contributed by atoms with Gasteiger partial charge in [0.1, 0.15) is 12.1 Å². The standard InChI is InChI=1S/C21H17N3O3S/c1-28-15-7-4-6-14(12-15)23-19(25)13-24-17-9-2-3-10-18(17)27-20-16(21(24)26)8-5-11-22-20/h2-12H,13H2,1H3,(H,23,25). The summed E-state index contributed by atoms with van der Waals surface area (Å²) in [5.74, 6) is 0.0795. The fourth-order valence-corrected chi connectivity index (χ4v) is 3.42. The maximum Gasteiger partial charge on any atom is 0.264 e. The first-order valence-electron chi connectivity index (χ1n) is 8.63. The number of hydrogen-bond acceptors (Lipinski definition) is 5. The molecule has 4 rings (SSSR count). The Labute approximate surface area is 166 Å². The van der Waals surface area contributed by atoms with E-state index in [1.807, 2.05) is 36.6 Å². The number of nitrogens with zero attached hydrogens (tertiary/aromatic N) is 2. The summed E-state index contributed by atoms with van der Waals surface area (Å²) in [7, 11) is 0. The number of pyridine rings is 1. The monoisotopic (exact) mass is 391 g/mol. The van der Waals surface area contributed by atoms with Gasteiger partial charge < -0.3 is 10.1 Å². The number of nitrogens with one attached hydrogen (secondary N) is 1. The molecule has 2 aromatic carbocycles. The number of thioether (sulfide) groups is 1. The zero-order valence-electron chi connectivity index (χ0n) is 15.1. The van der Waals surface area contributed by atoms with Crippen LogP contribution in [0.3, 0.4) is 0 Å². The fraction of sp³-hybridized carbons (Fsp3) is 0.0952. The zero-order valence-corrected chi connectivity index (χ0v) is 15.9. The third-order valence-electron chi connectivity index (χ3n) is 4.26. The van der Waals surface area contributed by atoms with Crippen LogP contribution in [0.1, 0.15) is 10.4 Å². The van der Waals surface area contributed by atoms with Crippen molar-refractivity contribution in [3.63, 3.8) is 0 Å². The minimum absolute atomic E-state index is 0.142. The third kappa shape index (κ3) is 3.57. The number of rotatable bonds is 4. The Morgan fingerprint density at radius 3 is 2.86 bits per heavy atom. The van der Waals surface area contributed by atoms with Crippen LogP contribution in [0, 0.1) is 0 Å². The molecule has 140 valence electrons. The normalized spacial score (nSPS) is 12.5. The number of fused-ring (bicyclic) bond motifs is 2. The van der Waals surface area contributed by atoms with E-state index in [-0.39, 0.29) is 24.2 Å². The van der Waals surface area contributed by atoms with Crippen LogP contribution in [-0.4, -0.2) is 29.6 Å². The van der Waals surface area contributed by atoms with Crippen molar-refractivity contribution in [1.82, 2.24) is 4.98 Å². The van der Waals surface area contributed by atoms with Gasteiger partial charge in [0, 0.05) is 16.8 Å². The summed E-state index contributed by atoms with van der Waals surface area (Å²) in [6.07, 6.45) is 3.54. The van der Waals surface area contributed by atoms with Gasteiger partial charge in [-0.3, -0.25) is 14.5 Å². The lowest BCUT2D eigenvalue weighted by Crippen LogP contribution is -2.37. The van der Waals surface area contributed by atoms with E-state index in [4.69, 9.17) is 4.74 Å². The number of anilines is 2. The second-order valence-corrected chi connectivity index (χ2v) is 6.98. The molecule has 2 amide bonds. The van der Waals surface area contributed by atoms with E-state index in [2.05, 4.69) is 10.3 Å². The first-order valence-corrected chi connectivity index (χ1v) is 9.86. The number of ether oxygens (including phenoxy) is 1. The van der Waals surface area contributed by atoms with Crippen molar-refractivity contribution < 1.29 is 14.3 Å². The van der Waals surface area contributed by atoms with Gasteiger partial charge in [-0.25, -0.2) is 4.98 Å². The van der Waals surface area contributed by atoms with Gasteiger partial charge >= 0.3 is 0 Å². The SMILES string of the molecule is CSc1cccc(NC(=O)CN2C(=O)c3cccnc3Oc3ccccc32)c1. The van der Waals surface area contributed by atoms with Crippen LogP contribution in [0.5, 0.6) is 11.6 Å². The number of aromatic nitrogens is 1. The van der Waals surface area contributed by atoms with Crippen LogP contribution in [0.25, 0.3) is 0 Å². The predicted molar refractivity (Wildman–Crippen MR) is 109 cm³/mol. The van der Waals surface area contributed by atoms with Gasteiger partial charge in [-0.05, 0) is 48.7 Å². The second-order valence-electron chi connectivity index (χ2n) is 6.10. The number of carbonyl (C=O) groups is 2. The van der Waals surface area contributed by atoms with Gasteiger partial charge in [0.05, 0.1) is 5.69 Å². The minimum Gasteiger partial charge on any atom is -0.436 e. The van der Waals surface area contributed by atoms with Crippen LogP contribution < -0.4 is 15.0 Å². The minimum atomic E-state index is -0.332. The summed E-state index contributed by atoms with van der Waals surface area (Å²) in [5.41, 5.74) is 1.53. The number of carbonyl (C=O) groups excluding carboxylic acids is 2. The molecule has 7 heteroatoms. The van der Waals surface area contributed by atoms with Crippen molar-refractivity contribution in [3.8, 4) is 11.6 Å². The van der Waals surface area contributed by atoms with Crippen LogP contribution in [0.15, 0.2) is 71.8 Å². The molecule has 1 aromatic heterocycles. The summed E-state index contributed by atoms with van der Waals surface area (Å²) >= 11 is 1.59.